The van der Waals surface area contributed by atoms with Crippen molar-refractivity contribution >= 4 is 70.1 Å². The summed E-state index contributed by atoms with van der Waals surface area (Å²) in [6.45, 7) is 13.4. The Morgan fingerprint density at radius 2 is 0.840 bits per heavy atom. The minimum Gasteiger partial charge on any atom is -0.474 e. The molecule has 9 heterocycles. The number of nitrogens with one attached hydrogen (secondary N) is 4. The van der Waals surface area contributed by atoms with E-state index in [4.69, 9.17) is 33.2 Å². The fourth-order valence-electron chi connectivity index (χ4n) is 14.4. The van der Waals surface area contributed by atoms with Gasteiger partial charge in [0, 0.05) is 69.2 Å². The summed E-state index contributed by atoms with van der Waals surface area (Å²) in [7, 11) is -10.4. The molecule has 6 aliphatic heterocycles. The molecule has 3 aromatic heterocycles. The van der Waals surface area contributed by atoms with Crippen molar-refractivity contribution in [2.24, 2.45) is 0 Å². The molecule has 6 bridgehead atoms. The molecule has 3 saturated carbocycles. The van der Waals surface area contributed by atoms with Crippen LogP contribution < -0.4 is 35.5 Å². The number of carbonyl (C=O) groups is 1. The van der Waals surface area contributed by atoms with Crippen molar-refractivity contribution in [2.45, 2.75) is 209 Å². The molecule has 4 N–H and O–H groups in total. The number of hydrogen-bond acceptors (Lipinski definition) is 25. The zero-order chi connectivity index (χ0) is 74.2. The highest BCUT2D eigenvalue weighted by Crippen LogP contribution is 2.41. The Balaban J connectivity index is 0.000000134. The lowest BCUT2D eigenvalue weighted by atomic mass is 9.91. The zero-order valence-electron chi connectivity index (χ0n) is 59.4. The van der Waals surface area contributed by atoms with Crippen molar-refractivity contribution < 1.29 is 76.4 Å². The number of halogens is 3. The topological polar surface area (TPSA) is 316 Å². The summed E-state index contributed by atoms with van der Waals surface area (Å²) in [4.78, 5) is 42.5. The van der Waals surface area contributed by atoms with Gasteiger partial charge in [-0.15, -0.1) is 0 Å². The zero-order valence-corrected chi connectivity index (χ0v) is 61.9. The van der Waals surface area contributed by atoms with Crippen LogP contribution in [0.4, 0.5) is 52.5 Å². The fraction of sp³-hybridized carbons (Fsp3) is 0.500. The molecule has 566 valence electrons. The van der Waals surface area contributed by atoms with E-state index >= 15 is 0 Å². The summed E-state index contributed by atoms with van der Waals surface area (Å²) in [6, 6.07) is 23.0. The first-order valence-electron chi connectivity index (χ1n) is 36.1. The molecule has 32 heteroatoms. The second kappa shape index (κ2) is 31.4. The molecule has 9 atom stereocenters. The second-order valence-corrected chi connectivity index (χ2v) is 35.6. The van der Waals surface area contributed by atoms with E-state index in [1.54, 1.807) is 11.8 Å². The highest BCUT2D eigenvalue weighted by atomic mass is 32.2. The van der Waals surface area contributed by atoms with Gasteiger partial charge in [0.25, 0.3) is 0 Å². The average Bonchev–Trinajstić information content (AvgIpc) is 1.51. The molecule has 0 radical (unpaired) electrons. The third kappa shape index (κ3) is 17.1. The van der Waals surface area contributed by atoms with Crippen molar-refractivity contribution in [1.29, 1.82) is 0 Å². The lowest BCUT2D eigenvalue weighted by Crippen LogP contribution is -2.61. The summed E-state index contributed by atoms with van der Waals surface area (Å²) in [5.41, 5.74) is 3.60. The van der Waals surface area contributed by atoms with E-state index in [-0.39, 0.29) is 109 Å². The first-order chi connectivity index (χ1) is 50.9. The lowest BCUT2D eigenvalue weighted by Gasteiger charge is -2.48. The van der Waals surface area contributed by atoms with E-state index < -0.39 is 52.2 Å². The summed E-state index contributed by atoms with van der Waals surface area (Å²) in [5, 5.41) is 11.2. The van der Waals surface area contributed by atoms with Gasteiger partial charge in [-0.3, -0.25) is 9.80 Å². The van der Waals surface area contributed by atoms with Gasteiger partial charge in [0.05, 0.1) is 122 Å². The number of piperidine rings is 3. The van der Waals surface area contributed by atoms with Crippen molar-refractivity contribution in [3.8, 4) is 17.6 Å². The van der Waals surface area contributed by atoms with E-state index in [2.05, 4.69) is 80.3 Å². The molecular formula is C74H87F3N12O14S3. The number of amides is 1. The third-order valence-corrected chi connectivity index (χ3v) is 27.2. The molecule has 6 saturated heterocycles. The molecule has 7 aromatic rings. The van der Waals surface area contributed by atoms with E-state index in [1.165, 1.54) is 60.9 Å². The molecule has 1 amide bonds. The quantitative estimate of drug-likeness (QED) is 0.0519. The number of benzene rings is 4. The Hall–Kier alpha value is -8.37. The molecule has 0 spiro atoms. The number of fused-ring (bicyclic) bond motifs is 6. The van der Waals surface area contributed by atoms with Crippen LogP contribution in [0.15, 0.2) is 119 Å². The van der Waals surface area contributed by atoms with E-state index in [1.807, 2.05) is 33.8 Å². The minimum absolute atomic E-state index is 0.0135. The summed E-state index contributed by atoms with van der Waals surface area (Å²) in [6.07, 6.45) is 11.5. The summed E-state index contributed by atoms with van der Waals surface area (Å²) >= 11 is 0. The van der Waals surface area contributed by atoms with Gasteiger partial charge in [-0.1, -0.05) is 30.3 Å². The largest absolute Gasteiger partial charge is 0.474 e. The van der Waals surface area contributed by atoms with Gasteiger partial charge < -0.3 is 54.4 Å². The summed E-state index contributed by atoms with van der Waals surface area (Å²) in [5.74, 6) is 0.468. The Kier molecular flexibility index (Phi) is 22.1. The number of ether oxygens (including phenoxy) is 7. The molecule has 9 aliphatic rings. The average molecular weight is 1520 g/mol. The summed E-state index contributed by atoms with van der Waals surface area (Å²) < 4.78 is 160. The predicted octanol–water partition coefficient (Wildman–Crippen LogP) is 10.7. The number of morpholine rings is 3. The first-order valence-corrected chi connectivity index (χ1v) is 40.7. The van der Waals surface area contributed by atoms with Crippen LogP contribution >= 0.6 is 0 Å². The number of sulfone groups is 3. The maximum Gasteiger partial charge on any atom is 0.410 e. The minimum atomic E-state index is -3.49. The van der Waals surface area contributed by atoms with Gasteiger partial charge in [0.1, 0.15) is 72.2 Å². The monoisotopic (exact) mass is 1520 g/mol. The Bertz CT molecular complexity index is 4680. The van der Waals surface area contributed by atoms with Crippen LogP contribution in [0.25, 0.3) is 0 Å². The van der Waals surface area contributed by atoms with Crippen LogP contribution in [-0.2, 0) is 55.0 Å². The van der Waals surface area contributed by atoms with Gasteiger partial charge >= 0.3 is 6.09 Å². The normalized spacial score (nSPS) is 24.3. The number of anilines is 6. The van der Waals surface area contributed by atoms with E-state index in [0.29, 0.717) is 143 Å². The van der Waals surface area contributed by atoms with Crippen LogP contribution in [0.5, 0.6) is 17.6 Å². The third-order valence-electron chi connectivity index (χ3n) is 20.5. The van der Waals surface area contributed by atoms with Crippen molar-refractivity contribution in [2.75, 3.05) is 55.6 Å². The van der Waals surface area contributed by atoms with Crippen molar-refractivity contribution in [1.82, 2.24) is 45.0 Å². The molecule has 6 unspecified atom stereocenters. The maximum atomic E-state index is 14.9. The van der Waals surface area contributed by atoms with Gasteiger partial charge in [-0.05, 0) is 133 Å². The maximum absolute atomic E-state index is 14.9. The van der Waals surface area contributed by atoms with Gasteiger partial charge in [0.15, 0.2) is 29.5 Å². The number of aromatic nitrogens is 6. The number of hydrogen-bond donors (Lipinski definition) is 4. The molecule has 4 aromatic carbocycles. The van der Waals surface area contributed by atoms with Crippen LogP contribution in [0.3, 0.4) is 0 Å². The fourth-order valence-corrected chi connectivity index (χ4v) is 19.4. The number of rotatable bonds is 21. The van der Waals surface area contributed by atoms with Gasteiger partial charge in [-0.25, -0.2) is 73.1 Å². The smallest absolute Gasteiger partial charge is 0.410 e. The van der Waals surface area contributed by atoms with Crippen LogP contribution in [0.2, 0.25) is 0 Å². The molecular weight excluding hydrogens is 1430 g/mol. The first kappa shape index (κ1) is 74.5. The predicted molar refractivity (Wildman–Crippen MR) is 385 cm³/mol. The van der Waals surface area contributed by atoms with E-state index in [9.17, 15) is 43.2 Å². The Morgan fingerprint density at radius 3 is 1.20 bits per heavy atom. The van der Waals surface area contributed by atoms with E-state index in [0.717, 1.165) is 50.4 Å². The van der Waals surface area contributed by atoms with Crippen LogP contribution in [0, 0.1) is 38.2 Å². The number of carbonyl (C=O) groups excluding carboxylic acids is 1. The van der Waals surface area contributed by atoms with Crippen molar-refractivity contribution in [3.63, 3.8) is 0 Å². The molecule has 3 aliphatic carbocycles. The molecule has 26 nitrogen and oxygen atoms in total. The molecule has 16 rings (SSSR count). The highest BCUT2D eigenvalue weighted by molar-refractivity contribution is 7.93. The Labute approximate surface area is 614 Å². The van der Waals surface area contributed by atoms with Gasteiger partial charge in [-0.2, -0.15) is 0 Å². The molecule has 106 heavy (non-hydrogen) atoms. The van der Waals surface area contributed by atoms with Crippen LogP contribution in [0.1, 0.15) is 113 Å². The highest BCUT2D eigenvalue weighted by Gasteiger charge is 2.46. The SMILES string of the molecule is Cc1c(Nc2ccc(S(=O)(=O)C3CC3)cc2F)ncnc1OC1CC2COC[C@@H](C1)N2.Cc1c(Nc2ccc(S(=O)(=O)C3CC3)cc2F)ncnc1OC1CC2COC[C@@H](C1)N2C(=O)OC(C)C.Cc1c(Nc2ccc(S(=O)(=O)C3CC3)cc2F)ncnc1OC1CC2COC[C@@H](C1)N2Cc1ccccc1. The lowest BCUT2D eigenvalue weighted by molar-refractivity contribution is -0.104. The van der Waals surface area contributed by atoms with Gasteiger partial charge in [0.2, 0.25) is 17.6 Å². The van der Waals surface area contributed by atoms with Crippen LogP contribution in [-0.4, -0.2) is 187 Å². The Morgan fingerprint density at radius 1 is 0.491 bits per heavy atom. The molecule has 9 fully saturated rings. The van der Waals surface area contributed by atoms with Crippen molar-refractivity contribution in [3.05, 3.63) is 144 Å². The standard InChI is InChI=1S/C28H31FN4O4S.C25H31FN4O6S.C21H25FN4O4S/c1-18-27(32-26-10-9-24(13-25(26)29)38(34,35)23-7-8-23)30-17-31-28(18)37-22-11-20-15-36-16-21(12-22)33(20)14-19-5-3-2-4-6-19;1-14(2)35-25(31)30-16-8-18(9-17(30)12-34-11-16)36-24-15(3)23(27-13-28-24)29-22-7-6-20(10-21(22)26)37(32,33)19-4-5-19;1-12-20(26-19-5-4-17(8-18(19)22)31(27,28)16-2-3-16)23-11-24-21(12)30-15-6-13-9-29-10-14(7-15)25-13/h2-6,9-10,13,17,20-23H,7-8,11-12,14-16H2,1H3,(H,30,31,32);6-7,10,13-14,16-19H,4-5,8-9,11-12H2,1-3H3,(H,27,28,29);4-5,8,11,13-16,25H,2-3,6-7,9-10H2,1H3,(H,23,24,26)/t20-,21?,22?;16-,17?,18?;13-,14?,15?/m111/s1. The number of nitrogens with zero attached hydrogens (tertiary/aromatic N) is 8. The second-order valence-electron chi connectivity index (χ2n) is 28.9.